The summed E-state index contributed by atoms with van der Waals surface area (Å²) in [5.41, 5.74) is 0.669. The number of carbonyl (C=O) groups is 2. The van der Waals surface area contributed by atoms with Crippen molar-refractivity contribution in [1.29, 1.82) is 0 Å². The normalized spacial score (nSPS) is 10.1. The summed E-state index contributed by atoms with van der Waals surface area (Å²) < 4.78 is 0. The van der Waals surface area contributed by atoms with Gasteiger partial charge in [-0.1, -0.05) is 24.9 Å². The highest BCUT2D eigenvalue weighted by Gasteiger charge is 2.15. The van der Waals surface area contributed by atoms with Gasteiger partial charge in [0, 0.05) is 24.2 Å². The number of unbranched alkanes of at least 4 members (excludes halogenated alkanes) is 1. The maximum atomic E-state index is 11.7. The molecule has 0 aliphatic heterocycles. The number of halogens is 1. The van der Waals surface area contributed by atoms with Crippen molar-refractivity contribution in [1.82, 2.24) is 5.32 Å². The lowest BCUT2D eigenvalue weighted by Crippen LogP contribution is -2.40. The van der Waals surface area contributed by atoms with Crippen molar-refractivity contribution in [3.05, 3.63) is 29.3 Å². The standard InChI is InChI=1S/C14H19ClN2O2/c1-3-4-9-16-14(19)10-17(11(2)18)13-7-5-12(15)6-8-13/h5-8H,3-4,9-10H2,1-2H3,(H,16,19). The van der Waals surface area contributed by atoms with Crippen LogP contribution in [0.15, 0.2) is 24.3 Å². The number of benzene rings is 1. The second-order valence-corrected chi connectivity index (χ2v) is 4.72. The third kappa shape index (κ3) is 5.30. The van der Waals surface area contributed by atoms with E-state index in [4.69, 9.17) is 11.6 Å². The SMILES string of the molecule is CCCCNC(=O)CN(C(C)=O)c1ccc(Cl)cc1. The van der Waals surface area contributed by atoms with Crippen LogP contribution in [0.5, 0.6) is 0 Å². The largest absolute Gasteiger partial charge is 0.355 e. The van der Waals surface area contributed by atoms with Crippen LogP contribution in [0.3, 0.4) is 0 Å². The minimum absolute atomic E-state index is 0.0285. The summed E-state index contributed by atoms with van der Waals surface area (Å²) in [7, 11) is 0. The number of hydrogen-bond donors (Lipinski definition) is 1. The van der Waals surface area contributed by atoms with Crippen molar-refractivity contribution in [2.24, 2.45) is 0 Å². The molecule has 1 aromatic rings. The summed E-state index contributed by atoms with van der Waals surface area (Å²) in [6.45, 7) is 4.16. The van der Waals surface area contributed by atoms with Crippen LogP contribution in [0.1, 0.15) is 26.7 Å². The molecular weight excluding hydrogens is 264 g/mol. The van der Waals surface area contributed by atoms with Gasteiger partial charge in [0.25, 0.3) is 0 Å². The number of rotatable bonds is 6. The van der Waals surface area contributed by atoms with Crippen LogP contribution in [0.25, 0.3) is 0 Å². The lowest BCUT2D eigenvalue weighted by atomic mass is 10.2. The van der Waals surface area contributed by atoms with Crippen molar-refractivity contribution in [3.63, 3.8) is 0 Å². The number of amides is 2. The summed E-state index contributed by atoms with van der Waals surface area (Å²) in [5.74, 6) is -0.327. The van der Waals surface area contributed by atoms with E-state index in [-0.39, 0.29) is 18.4 Å². The van der Waals surface area contributed by atoms with Gasteiger partial charge in [-0.3, -0.25) is 9.59 Å². The van der Waals surface area contributed by atoms with E-state index in [1.54, 1.807) is 24.3 Å². The first-order valence-electron chi connectivity index (χ1n) is 6.35. The number of hydrogen-bond acceptors (Lipinski definition) is 2. The molecule has 0 fully saturated rings. The molecule has 0 aromatic heterocycles. The molecule has 19 heavy (non-hydrogen) atoms. The van der Waals surface area contributed by atoms with Crippen molar-refractivity contribution >= 4 is 29.1 Å². The van der Waals surface area contributed by atoms with Crippen LogP contribution < -0.4 is 10.2 Å². The third-order valence-corrected chi connectivity index (χ3v) is 2.92. The molecule has 0 radical (unpaired) electrons. The molecule has 104 valence electrons. The summed E-state index contributed by atoms with van der Waals surface area (Å²) in [5, 5.41) is 3.39. The van der Waals surface area contributed by atoms with Gasteiger partial charge >= 0.3 is 0 Å². The van der Waals surface area contributed by atoms with E-state index in [1.807, 2.05) is 0 Å². The minimum Gasteiger partial charge on any atom is -0.355 e. The molecule has 0 saturated carbocycles. The number of nitrogens with one attached hydrogen (secondary N) is 1. The Morgan fingerprint density at radius 3 is 2.42 bits per heavy atom. The fourth-order valence-corrected chi connectivity index (χ4v) is 1.74. The quantitative estimate of drug-likeness (QED) is 0.816. The first-order chi connectivity index (χ1) is 9.04. The zero-order chi connectivity index (χ0) is 14.3. The fourth-order valence-electron chi connectivity index (χ4n) is 1.61. The van der Waals surface area contributed by atoms with E-state index in [2.05, 4.69) is 12.2 Å². The molecule has 0 atom stereocenters. The Hall–Kier alpha value is -1.55. The molecule has 0 spiro atoms. The first-order valence-corrected chi connectivity index (χ1v) is 6.72. The zero-order valence-electron chi connectivity index (χ0n) is 11.3. The highest BCUT2D eigenvalue weighted by atomic mass is 35.5. The molecule has 4 nitrogen and oxygen atoms in total. The van der Waals surface area contributed by atoms with Crippen LogP contribution in [0.4, 0.5) is 5.69 Å². The molecule has 2 amide bonds. The Kier molecular flexibility index (Phi) is 6.36. The lowest BCUT2D eigenvalue weighted by molar-refractivity contribution is -0.123. The summed E-state index contributed by atoms with van der Waals surface area (Å²) in [4.78, 5) is 24.8. The Balaban J connectivity index is 2.65. The molecule has 1 rings (SSSR count). The third-order valence-electron chi connectivity index (χ3n) is 2.67. The van der Waals surface area contributed by atoms with Gasteiger partial charge in [-0.25, -0.2) is 0 Å². The van der Waals surface area contributed by atoms with Crippen molar-refractivity contribution in [3.8, 4) is 0 Å². The summed E-state index contributed by atoms with van der Waals surface area (Å²) in [6, 6.07) is 6.84. The topological polar surface area (TPSA) is 49.4 Å². The zero-order valence-corrected chi connectivity index (χ0v) is 12.0. The van der Waals surface area contributed by atoms with Gasteiger partial charge < -0.3 is 10.2 Å². The van der Waals surface area contributed by atoms with E-state index < -0.39 is 0 Å². The van der Waals surface area contributed by atoms with E-state index in [1.165, 1.54) is 11.8 Å². The van der Waals surface area contributed by atoms with Crippen LogP contribution in [0, 0.1) is 0 Å². The van der Waals surface area contributed by atoms with Crippen LogP contribution in [0.2, 0.25) is 5.02 Å². The van der Waals surface area contributed by atoms with Gasteiger partial charge in [0.15, 0.2) is 0 Å². The van der Waals surface area contributed by atoms with Crippen molar-refractivity contribution in [2.45, 2.75) is 26.7 Å². The molecule has 0 saturated heterocycles. The van der Waals surface area contributed by atoms with Gasteiger partial charge in [-0.15, -0.1) is 0 Å². The number of anilines is 1. The highest BCUT2D eigenvalue weighted by molar-refractivity contribution is 6.30. The Morgan fingerprint density at radius 2 is 1.89 bits per heavy atom. The van der Waals surface area contributed by atoms with Gasteiger partial charge in [0.05, 0.1) is 0 Å². The van der Waals surface area contributed by atoms with Gasteiger partial charge in [0.2, 0.25) is 11.8 Å². The lowest BCUT2D eigenvalue weighted by Gasteiger charge is -2.20. The Labute approximate surface area is 118 Å². The molecule has 0 heterocycles. The maximum absolute atomic E-state index is 11.7. The number of carbonyl (C=O) groups excluding carboxylic acids is 2. The van der Waals surface area contributed by atoms with E-state index in [0.717, 1.165) is 12.8 Å². The van der Waals surface area contributed by atoms with Gasteiger partial charge in [-0.05, 0) is 30.7 Å². The second kappa shape index (κ2) is 7.79. The fraction of sp³-hybridized carbons (Fsp3) is 0.429. The highest BCUT2D eigenvalue weighted by Crippen LogP contribution is 2.17. The molecule has 5 heteroatoms. The molecule has 0 aliphatic carbocycles. The van der Waals surface area contributed by atoms with E-state index >= 15 is 0 Å². The maximum Gasteiger partial charge on any atom is 0.240 e. The van der Waals surface area contributed by atoms with Gasteiger partial charge in [-0.2, -0.15) is 0 Å². The molecule has 0 bridgehead atoms. The average Bonchev–Trinajstić information content (AvgIpc) is 2.37. The Morgan fingerprint density at radius 1 is 1.26 bits per heavy atom. The molecule has 1 aromatic carbocycles. The second-order valence-electron chi connectivity index (χ2n) is 4.29. The van der Waals surface area contributed by atoms with Crippen LogP contribution in [-0.4, -0.2) is 24.9 Å². The predicted molar refractivity (Wildman–Crippen MR) is 77.4 cm³/mol. The van der Waals surface area contributed by atoms with Crippen molar-refractivity contribution in [2.75, 3.05) is 18.0 Å². The Bertz CT molecular complexity index is 432. The minimum atomic E-state index is -0.173. The average molecular weight is 283 g/mol. The van der Waals surface area contributed by atoms with Crippen LogP contribution >= 0.6 is 11.6 Å². The summed E-state index contributed by atoms with van der Waals surface area (Å²) in [6.07, 6.45) is 1.96. The first kappa shape index (κ1) is 15.5. The smallest absolute Gasteiger partial charge is 0.240 e. The monoisotopic (exact) mass is 282 g/mol. The number of nitrogens with zero attached hydrogens (tertiary/aromatic N) is 1. The molecule has 0 unspecified atom stereocenters. The molecule has 0 aliphatic rings. The molecule has 1 N–H and O–H groups in total. The predicted octanol–water partition coefficient (Wildman–Crippen LogP) is 2.61. The van der Waals surface area contributed by atoms with Crippen LogP contribution in [-0.2, 0) is 9.59 Å². The van der Waals surface area contributed by atoms with E-state index in [0.29, 0.717) is 17.3 Å². The van der Waals surface area contributed by atoms with Gasteiger partial charge in [0.1, 0.15) is 6.54 Å². The summed E-state index contributed by atoms with van der Waals surface area (Å²) >= 11 is 5.80. The van der Waals surface area contributed by atoms with E-state index in [9.17, 15) is 9.59 Å². The molecular formula is C14H19ClN2O2. The van der Waals surface area contributed by atoms with Crippen molar-refractivity contribution < 1.29 is 9.59 Å².